The van der Waals surface area contributed by atoms with Gasteiger partial charge in [-0.1, -0.05) is 29.5 Å². The highest BCUT2D eigenvalue weighted by molar-refractivity contribution is 6.26. The zero-order valence-corrected chi connectivity index (χ0v) is 26.5. The monoisotopic (exact) mass is 612 g/mol. The molecule has 4 aromatic rings. The van der Waals surface area contributed by atoms with E-state index in [-0.39, 0.29) is 17.6 Å². The molecule has 1 aliphatic carbocycles. The van der Waals surface area contributed by atoms with Gasteiger partial charge in [0.05, 0.1) is 35.1 Å². The quantitative estimate of drug-likeness (QED) is 0.251. The Hall–Kier alpha value is -3.55. The minimum Gasteiger partial charge on any atom is -0.392 e. The lowest BCUT2D eigenvalue weighted by atomic mass is 9.88. The summed E-state index contributed by atoms with van der Waals surface area (Å²) in [6.07, 6.45) is 7.58. The molecule has 3 atom stereocenters. The van der Waals surface area contributed by atoms with E-state index in [1.54, 1.807) is 10.6 Å². The van der Waals surface area contributed by atoms with E-state index in [0.717, 1.165) is 72.2 Å². The van der Waals surface area contributed by atoms with Crippen molar-refractivity contribution in [2.24, 2.45) is 0 Å². The molecule has 0 bridgehead atoms. The van der Waals surface area contributed by atoms with Gasteiger partial charge in [-0.15, -0.1) is 5.10 Å². The van der Waals surface area contributed by atoms with Gasteiger partial charge < -0.3 is 10.4 Å². The van der Waals surface area contributed by atoms with Crippen molar-refractivity contribution < 1.29 is 5.11 Å². The molecule has 2 aliphatic rings. The molecule has 0 spiro atoms. The minimum absolute atomic E-state index is 0.0628. The zero-order valence-electron chi connectivity index (χ0n) is 25.7. The number of benzene rings is 2. The second-order valence-corrected chi connectivity index (χ2v) is 13.6. The van der Waals surface area contributed by atoms with Crippen molar-refractivity contribution in [3.05, 3.63) is 72.1 Å². The number of nitrogens with one attached hydrogen (secondary N) is 1. The third kappa shape index (κ3) is 6.74. The molecule has 0 radical (unpaired) electrons. The maximum absolute atomic E-state index is 10.8. The fourth-order valence-electron chi connectivity index (χ4n) is 6.51. The zero-order chi connectivity index (χ0) is 30.8. The number of hydrogen-bond donors (Lipinski definition) is 2. The van der Waals surface area contributed by atoms with Gasteiger partial charge in [0.25, 0.3) is 0 Å². The Morgan fingerprint density at radius 2 is 1.84 bits per heavy atom. The van der Waals surface area contributed by atoms with Gasteiger partial charge in [0.15, 0.2) is 0 Å². The van der Waals surface area contributed by atoms with Crippen LogP contribution in [0.1, 0.15) is 70.0 Å². The molecular formula is C34H41ClN8O. The summed E-state index contributed by atoms with van der Waals surface area (Å²) in [6, 6.07) is 18.6. The normalized spacial score (nSPS) is 21.8. The number of fused-ring (bicyclic) bond motifs is 1. The number of likely N-dealkylation sites (tertiary alicyclic amines) is 1. The van der Waals surface area contributed by atoms with E-state index >= 15 is 0 Å². The van der Waals surface area contributed by atoms with Crippen LogP contribution in [0.2, 0.25) is 0 Å². The van der Waals surface area contributed by atoms with Crippen LogP contribution in [0.4, 0.5) is 5.69 Å². The molecule has 9 nitrogen and oxygen atoms in total. The molecule has 3 heterocycles. The summed E-state index contributed by atoms with van der Waals surface area (Å²) in [4.78, 5) is 6.90. The van der Waals surface area contributed by atoms with Gasteiger partial charge in [0.1, 0.15) is 11.8 Å². The molecule has 1 saturated heterocycles. The molecule has 2 aromatic heterocycles. The second-order valence-electron chi connectivity index (χ2n) is 13.2. The van der Waals surface area contributed by atoms with Crippen LogP contribution in [0.5, 0.6) is 0 Å². The van der Waals surface area contributed by atoms with E-state index in [1.165, 1.54) is 0 Å². The summed E-state index contributed by atoms with van der Waals surface area (Å²) >= 11 is 6.86. The summed E-state index contributed by atoms with van der Waals surface area (Å²) in [6.45, 7) is 9.64. The van der Waals surface area contributed by atoms with Gasteiger partial charge in [0.2, 0.25) is 0 Å². The number of rotatable bonds is 7. The van der Waals surface area contributed by atoms with E-state index in [4.69, 9.17) is 11.8 Å². The smallest absolute Gasteiger partial charge is 0.113 e. The van der Waals surface area contributed by atoms with Gasteiger partial charge in [-0.2, -0.15) is 5.26 Å². The van der Waals surface area contributed by atoms with Gasteiger partial charge in [-0.3, -0.25) is 14.3 Å². The molecule has 44 heavy (non-hydrogen) atoms. The molecule has 230 valence electrons. The largest absolute Gasteiger partial charge is 0.392 e. The highest BCUT2D eigenvalue weighted by Crippen LogP contribution is 2.32. The molecule has 2 fully saturated rings. The van der Waals surface area contributed by atoms with Crippen molar-refractivity contribution in [2.45, 2.75) is 89.2 Å². The van der Waals surface area contributed by atoms with Crippen molar-refractivity contribution in [2.75, 3.05) is 17.5 Å². The predicted octanol–water partition coefficient (Wildman–Crippen LogP) is 5.83. The summed E-state index contributed by atoms with van der Waals surface area (Å²) in [5.41, 5.74) is 5.49. The Kier molecular flexibility index (Phi) is 8.88. The Morgan fingerprint density at radius 1 is 1.07 bits per heavy atom. The first-order valence-corrected chi connectivity index (χ1v) is 15.9. The van der Waals surface area contributed by atoms with E-state index in [0.29, 0.717) is 24.6 Å². The third-order valence-electron chi connectivity index (χ3n) is 9.26. The Morgan fingerprint density at radius 3 is 2.57 bits per heavy atom. The summed E-state index contributed by atoms with van der Waals surface area (Å²) in [5, 5.41) is 33.4. The predicted molar refractivity (Wildman–Crippen MR) is 174 cm³/mol. The maximum atomic E-state index is 10.8. The molecule has 10 heteroatoms. The third-order valence-corrected chi connectivity index (χ3v) is 9.73. The van der Waals surface area contributed by atoms with Crippen molar-refractivity contribution in [3.63, 3.8) is 0 Å². The van der Waals surface area contributed by atoms with Gasteiger partial charge >= 0.3 is 0 Å². The summed E-state index contributed by atoms with van der Waals surface area (Å²) < 4.78 is 3.82. The molecule has 2 N–H and O–H groups in total. The van der Waals surface area contributed by atoms with E-state index in [9.17, 15) is 10.4 Å². The molecule has 1 saturated carbocycles. The summed E-state index contributed by atoms with van der Waals surface area (Å²) in [5.74, 6) is 0. The second kappa shape index (κ2) is 12.8. The average molecular weight is 613 g/mol. The molecule has 2 aromatic carbocycles. The van der Waals surface area contributed by atoms with Crippen molar-refractivity contribution in [1.82, 2.24) is 30.2 Å². The van der Waals surface area contributed by atoms with Crippen LogP contribution < -0.4 is 9.74 Å². The average Bonchev–Trinajstić information content (AvgIpc) is 3.54. The number of hydrogen-bond acceptors (Lipinski definition) is 8. The first-order valence-electron chi connectivity index (χ1n) is 15.6. The fourth-order valence-corrected chi connectivity index (χ4v) is 6.79. The molecule has 1 aliphatic heterocycles. The molecule has 0 amide bonds. The van der Waals surface area contributed by atoms with Crippen LogP contribution in [0, 0.1) is 11.3 Å². The topological polar surface area (TPSA) is 106 Å². The fraction of sp³-hybridized carbons (Fsp3) is 0.471. The number of anilines is 1. The first kappa shape index (κ1) is 30.5. The molecular weight excluding hydrogens is 572 g/mol. The lowest BCUT2D eigenvalue weighted by molar-refractivity contribution is 0.0840. The number of nitriles is 1. The van der Waals surface area contributed by atoms with E-state index < -0.39 is 6.10 Å². The van der Waals surface area contributed by atoms with Crippen LogP contribution in [0.3, 0.4) is 0 Å². The lowest BCUT2D eigenvalue weighted by Crippen LogP contribution is -2.48. The van der Waals surface area contributed by atoms with Crippen LogP contribution >= 0.6 is 11.8 Å². The Balaban J connectivity index is 1.04. The van der Waals surface area contributed by atoms with E-state index in [1.807, 2.05) is 28.9 Å². The molecule has 3 unspecified atom stereocenters. The van der Waals surface area contributed by atoms with Crippen LogP contribution in [-0.2, 0) is 6.54 Å². The van der Waals surface area contributed by atoms with Gasteiger partial charge in [0, 0.05) is 66.2 Å². The highest BCUT2D eigenvalue weighted by atomic mass is 35.5. The van der Waals surface area contributed by atoms with Gasteiger partial charge in [-0.05, 0) is 82.7 Å². The van der Waals surface area contributed by atoms with Crippen LogP contribution in [0.15, 0.2) is 60.9 Å². The number of halogens is 1. The Labute approximate surface area is 264 Å². The number of pyridine rings is 1. The number of aliphatic hydroxyl groups is 1. The lowest BCUT2D eigenvalue weighted by Gasteiger charge is -2.40. The standard InChI is InChI=1S/C34H41ClN8O/c1-34(2,3)41-14-12-27(13-15-41)42-22-32(39-40-42)25-6-4-23(5-7-25)20-38-31-18-29(9-11-33(31)44)43(35)28-8-10-30-26(17-28)16-24(19-36)21-37-30/h4-8,10,16-17,21-22,27,29,31,33,38,44H,9,11-15,18,20H2,1-3H3. The highest BCUT2D eigenvalue weighted by Gasteiger charge is 2.32. The Bertz CT molecular complexity index is 1620. The number of aromatic nitrogens is 4. The SMILES string of the molecule is CC(C)(C)N1CCC(n2cc(-c3ccc(CNC4CC(N(Cl)c5ccc6ncc(C#N)cc6c5)CCC4O)cc3)nn2)CC1. The van der Waals surface area contributed by atoms with Crippen molar-refractivity contribution in [3.8, 4) is 17.3 Å². The maximum Gasteiger partial charge on any atom is 0.113 e. The number of piperidine rings is 1. The first-order chi connectivity index (χ1) is 21.2. The number of nitrogens with zero attached hydrogens (tertiary/aromatic N) is 7. The van der Waals surface area contributed by atoms with Crippen molar-refractivity contribution in [1.29, 1.82) is 5.26 Å². The van der Waals surface area contributed by atoms with Crippen LogP contribution in [-0.4, -0.2) is 66.8 Å². The minimum atomic E-state index is -0.431. The molecule has 6 rings (SSSR count). The van der Waals surface area contributed by atoms with Crippen molar-refractivity contribution >= 4 is 28.4 Å². The number of aliphatic hydroxyl groups excluding tert-OH is 1. The van der Waals surface area contributed by atoms with Gasteiger partial charge in [-0.25, -0.2) is 4.68 Å². The van der Waals surface area contributed by atoms with Crippen LogP contribution in [0.25, 0.3) is 22.2 Å². The summed E-state index contributed by atoms with van der Waals surface area (Å²) in [7, 11) is 0. The van der Waals surface area contributed by atoms with E-state index in [2.05, 4.69) is 82.8 Å².